The molecule has 2 aliphatic rings. The molecule has 4 heterocycles. The van der Waals surface area contributed by atoms with E-state index in [9.17, 15) is 4.79 Å². The van der Waals surface area contributed by atoms with E-state index in [1.807, 2.05) is 74.5 Å². The molecule has 0 saturated heterocycles. The average molecular weight is 463 g/mol. The number of ether oxygens (including phenoxy) is 1. The average Bonchev–Trinajstić information content (AvgIpc) is 3.24. The van der Waals surface area contributed by atoms with Gasteiger partial charge in [-0.3, -0.25) is 9.36 Å². The number of hydrogen-bond donors (Lipinski definition) is 0. The zero-order valence-corrected chi connectivity index (χ0v) is 19.0. The van der Waals surface area contributed by atoms with Gasteiger partial charge < -0.3 is 4.74 Å². The molecule has 0 fully saturated rings. The molecule has 4 aromatic rings. The number of aryl methyl sites for hydroxylation is 1. The molecule has 2 aromatic carbocycles. The van der Waals surface area contributed by atoms with E-state index in [1.165, 1.54) is 11.3 Å². The molecule has 6 rings (SSSR count). The van der Waals surface area contributed by atoms with Crippen LogP contribution in [0.2, 0.25) is 5.15 Å². The van der Waals surface area contributed by atoms with Crippen LogP contribution in [-0.2, 0) is 0 Å². The van der Waals surface area contributed by atoms with Gasteiger partial charge in [-0.25, -0.2) is 9.67 Å². The van der Waals surface area contributed by atoms with Gasteiger partial charge in [-0.2, -0.15) is 5.10 Å². The van der Waals surface area contributed by atoms with Gasteiger partial charge >= 0.3 is 0 Å². The van der Waals surface area contributed by atoms with E-state index in [-0.39, 0.29) is 11.6 Å². The van der Waals surface area contributed by atoms with E-state index in [1.54, 1.807) is 9.25 Å². The largest absolute Gasteiger partial charge is 0.466 e. The quantitative estimate of drug-likeness (QED) is 0.457. The number of hydrogen-bond acceptors (Lipinski definition) is 5. The van der Waals surface area contributed by atoms with Crippen LogP contribution in [0.25, 0.3) is 11.8 Å². The van der Waals surface area contributed by atoms with Gasteiger partial charge in [-0.1, -0.05) is 59.3 Å². The van der Waals surface area contributed by atoms with Crippen molar-refractivity contribution in [2.24, 2.45) is 4.99 Å². The first kappa shape index (κ1) is 19.5. The molecular weight excluding hydrogens is 444 g/mol. The molecule has 2 bridgehead atoms. The number of rotatable bonds is 2. The summed E-state index contributed by atoms with van der Waals surface area (Å²) in [6, 6.07) is 17.5. The fourth-order valence-corrected chi connectivity index (χ4v) is 5.92. The summed E-state index contributed by atoms with van der Waals surface area (Å²) in [7, 11) is 0. The zero-order valence-electron chi connectivity index (χ0n) is 17.4. The number of thiazole rings is 1. The zero-order chi connectivity index (χ0) is 22.0. The Labute approximate surface area is 192 Å². The first-order valence-corrected chi connectivity index (χ1v) is 11.5. The molecule has 0 radical (unpaired) electrons. The first-order chi connectivity index (χ1) is 15.4. The maximum Gasteiger partial charge on any atom is 0.270 e. The van der Waals surface area contributed by atoms with Gasteiger partial charge in [0.25, 0.3) is 5.56 Å². The molecule has 8 heteroatoms. The fourth-order valence-electron chi connectivity index (χ4n) is 4.48. The Hall–Kier alpha value is -3.16. The second-order valence-corrected chi connectivity index (χ2v) is 9.62. The Morgan fingerprint density at radius 1 is 1.19 bits per heavy atom. The van der Waals surface area contributed by atoms with Crippen molar-refractivity contribution in [3.8, 4) is 11.4 Å². The van der Waals surface area contributed by atoms with Crippen molar-refractivity contribution in [3.63, 3.8) is 0 Å². The first-order valence-electron chi connectivity index (χ1n) is 10.3. The highest BCUT2D eigenvalue weighted by Crippen LogP contribution is 2.42. The Kier molecular flexibility index (Phi) is 4.22. The van der Waals surface area contributed by atoms with Crippen LogP contribution < -0.4 is 19.6 Å². The molecule has 2 aliphatic heterocycles. The maximum absolute atomic E-state index is 13.5. The molecule has 0 unspecified atom stereocenters. The lowest BCUT2D eigenvalue weighted by molar-refractivity contribution is 0.0410. The molecule has 160 valence electrons. The highest BCUT2D eigenvalue weighted by Gasteiger charge is 2.42. The third-order valence-electron chi connectivity index (χ3n) is 5.98. The summed E-state index contributed by atoms with van der Waals surface area (Å²) in [6.45, 7) is 3.86. The number of nitrogens with zero attached hydrogens (tertiary/aromatic N) is 4. The van der Waals surface area contributed by atoms with E-state index in [4.69, 9.17) is 21.3 Å². The smallest absolute Gasteiger partial charge is 0.270 e. The number of aromatic nitrogens is 3. The second kappa shape index (κ2) is 6.92. The van der Waals surface area contributed by atoms with E-state index in [2.05, 4.69) is 5.10 Å². The number of fused-ring (bicyclic) bond motifs is 6. The normalized spacial score (nSPS) is 21.5. The minimum absolute atomic E-state index is 0.0690. The van der Waals surface area contributed by atoms with Gasteiger partial charge in [0.2, 0.25) is 5.72 Å². The maximum atomic E-state index is 13.5. The van der Waals surface area contributed by atoms with Crippen LogP contribution in [0, 0.1) is 6.92 Å². The summed E-state index contributed by atoms with van der Waals surface area (Å²) in [6.07, 6.45) is 2.45. The predicted molar refractivity (Wildman–Crippen MR) is 124 cm³/mol. The van der Waals surface area contributed by atoms with Crippen LogP contribution >= 0.6 is 22.9 Å². The van der Waals surface area contributed by atoms with Crippen molar-refractivity contribution in [1.29, 1.82) is 0 Å². The van der Waals surface area contributed by atoms with Crippen LogP contribution in [0.3, 0.4) is 0 Å². The van der Waals surface area contributed by atoms with Gasteiger partial charge in [-0.15, -0.1) is 0 Å². The van der Waals surface area contributed by atoms with E-state index < -0.39 is 5.72 Å². The third-order valence-corrected chi connectivity index (χ3v) is 7.33. The van der Waals surface area contributed by atoms with Crippen molar-refractivity contribution in [3.05, 3.63) is 96.3 Å². The summed E-state index contributed by atoms with van der Waals surface area (Å²) in [5.74, 6) is 0.785. The lowest BCUT2D eigenvalue weighted by Crippen LogP contribution is -2.49. The van der Waals surface area contributed by atoms with Crippen molar-refractivity contribution in [2.45, 2.75) is 32.0 Å². The Bertz CT molecular complexity index is 1550. The molecule has 0 aliphatic carbocycles. The molecule has 2 aromatic heterocycles. The second-order valence-electron chi connectivity index (χ2n) is 8.25. The van der Waals surface area contributed by atoms with Crippen LogP contribution in [0.5, 0.6) is 5.75 Å². The molecule has 6 nitrogen and oxygen atoms in total. The molecule has 2 atom stereocenters. The Balaban J connectivity index is 1.54. The summed E-state index contributed by atoms with van der Waals surface area (Å²) < 4.78 is 10.3. The van der Waals surface area contributed by atoms with Crippen molar-refractivity contribution in [1.82, 2.24) is 14.3 Å². The lowest BCUT2D eigenvalue weighted by atomic mass is 9.93. The summed E-state index contributed by atoms with van der Waals surface area (Å²) in [4.78, 5) is 19.0. The summed E-state index contributed by atoms with van der Waals surface area (Å²) in [5.41, 5.74) is 2.62. The number of para-hydroxylation sites is 2. The van der Waals surface area contributed by atoms with Crippen LogP contribution in [0.15, 0.2) is 64.4 Å². The van der Waals surface area contributed by atoms with Gasteiger partial charge in [0.1, 0.15) is 10.9 Å². The third kappa shape index (κ3) is 2.88. The SMILES string of the molecule is Cc1nn(-c2ccccc2)c(Cl)c1/C=c1\sc2n(c1=O)[C@H]1C[C@@](C)(N=2)Oc2ccccc21. The predicted octanol–water partition coefficient (Wildman–Crippen LogP) is 3.61. The van der Waals surface area contributed by atoms with Gasteiger partial charge in [-0.05, 0) is 38.1 Å². The van der Waals surface area contributed by atoms with Crippen LogP contribution in [0.1, 0.15) is 36.2 Å². The topological polar surface area (TPSA) is 61.4 Å². The van der Waals surface area contributed by atoms with E-state index in [0.717, 1.165) is 28.3 Å². The highest BCUT2D eigenvalue weighted by molar-refractivity contribution is 7.07. The molecular formula is C24H19ClN4O2S. The fraction of sp³-hybridized carbons (Fsp3) is 0.208. The van der Waals surface area contributed by atoms with Gasteiger partial charge in [0.15, 0.2) is 4.80 Å². The number of halogens is 1. The molecule has 0 N–H and O–H groups in total. The number of benzene rings is 2. The van der Waals surface area contributed by atoms with E-state index >= 15 is 0 Å². The van der Waals surface area contributed by atoms with Gasteiger partial charge in [0, 0.05) is 17.5 Å². The highest BCUT2D eigenvalue weighted by atomic mass is 35.5. The van der Waals surface area contributed by atoms with Crippen molar-refractivity contribution >= 4 is 29.0 Å². The van der Waals surface area contributed by atoms with E-state index in [0.29, 0.717) is 20.9 Å². The van der Waals surface area contributed by atoms with Gasteiger partial charge in [0.05, 0.1) is 22.0 Å². The molecule has 0 spiro atoms. The van der Waals surface area contributed by atoms with Crippen molar-refractivity contribution < 1.29 is 4.74 Å². The minimum Gasteiger partial charge on any atom is -0.466 e. The molecule has 0 saturated carbocycles. The standard InChI is InChI=1S/C24H19ClN4O2S/c1-14-17(21(25)29(27-14)15-8-4-3-5-9-15)12-20-22(30)28-18-13-24(2,26-23(28)32-20)31-19-11-7-6-10-16(18)19/h3-12,18H,13H2,1-2H3/b20-12-/t18-,24-/m0/s1. The Morgan fingerprint density at radius 2 is 1.94 bits per heavy atom. The summed E-state index contributed by atoms with van der Waals surface area (Å²) in [5, 5.41) is 5.06. The molecule has 0 amide bonds. The van der Waals surface area contributed by atoms with Crippen LogP contribution in [-0.4, -0.2) is 20.1 Å². The minimum atomic E-state index is -0.681. The Morgan fingerprint density at radius 3 is 2.75 bits per heavy atom. The van der Waals surface area contributed by atoms with Crippen LogP contribution in [0.4, 0.5) is 0 Å². The summed E-state index contributed by atoms with van der Waals surface area (Å²) >= 11 is 8.05. The van der Waals surface area contributed by atoms with Crippen molar-refractivity contribution in [2.75, 3.05) is 0 Å². The molecule has 32 heavy (non-hydrogen) atoms. The monoisotopic (exact) mass is 462 g/mol. The lowest BCUT2D eigenvalue weighted by Gasteiger charge is -2.39.